The number of amides is 1. The number of esters is 1. The number of hydrogen-bond donors (Lipinski definition) is 2. The van der Waals surface area contributed by atoms with Crippen molar-refractivity contribution in [3.63, 3.8) is 0 Å². The molecule has 0 aromatic heterocycles. The lowest BCUT2D eigenvalue weighted by molar-refractivity contribution is -0.297. The predicted octanol–water partition coefficient (Wildman–Crippen LogP) is 7.66. The number of Topliss-reactive ketones (excluding diaryl/α,β-unsaturated/α-hetero) is 2. The van der Waals surface area contributed by atoms with Crippen molar-refractivity contribution in [2.45, 2.75) is 186 Å². The summed E-state index contributed by atoms with van der Waals surface area (Å²) in [4.78, 5) is 58.4. The molecule has 1 saturated carbocycles. The Bertz CT molecular complexity index is 1690. The van der Waals surface area contributed by atoms with E-state index in [0.717, 1.165) is 37.7 Å². The number of cyclic esters (lactones) is 1. The first kappa shape index (κ1) is 54.6. The Morgan fingerprint density at radius 3 is 2.28 bits per heavy atom. The van der Waals surface area contributed by atoms with Crippen LogP contribution in [0.3, 0.4) is 0 Å². The minimum Gasteiger partial charge on any atom is -0.460 e. The van der Waals surface area contributed by atoms with Crippen molar-refractivity contribution in [1.82, 2.24) is 4.90 Å². The lowest BCUT2D eigenvalue weighted by atomic mass is 9.78. The Morgan fingerprint density at radius 2 is 1.60 bits per heavy atom. The minimum atomic E-state index is -1.21. The van der Waals surface area contributed by atoms with Crippen LogP contribution in [0.5, 0.6) is 0 Å². The number of fused-ring (bicyclic) bond motifs is 3. The average Bonchev–Trinajstić information content (AvgIpc) is 3.28. The second-order valence-electron chi connectivity index (χ2n) is 19.9. The van der Waals surface area contributed by atoms with E-state index in [-0.39, 0.29) is 72.3 Å². The molecule has 4 aliphatic rings. The molecule has 4 rings (SSSR count). The predicted molar refractivity (Wildman–Crippen MR) is 250 cm³/mol. The van der Waals surface area contributed by atoms with Crippen molar-refractivity contribution < 1.29 is 57.8 Å². The van der Waals surface area contributed by atoms with E-state index in [9.17, 15) is 29.4 Å². The summed E-state index contributed by atoms with van der Waals surface area (Å²) >= 11 is 0. The molecule has 2 bridgehead atoms. The van der Waals surface area contributed by atoms with Gasteiger partial charge in [-0.2, -0.15) is 0 Å². The molecule has 3 aliphatic heterocycles. The number of aliphatic hydroxyl groups is 2. The topological polar surface area (TPSA) is 167 Å². The van der Waals surface area contributed by atoms with Crippen LogP contribution in [0.25, 0.3) is 0 Å². The number of ketones is 2. The first-order chi connectivity index (χ1) is 30.9. The maximum Gasteiger partial charge on any atom is 0.329 e. The zero-order valence-electron chi connectivity index (χ0n) is 41.4. The fourth-order valence-corrected chi connectivity index (χ4v) is 10.5. The molecule has 0 spiro atoms. The van der Waals surface area contributed by atoms with Gasteiger partial charge in [-0.05, 0) is 107 Å². The van der Waals surface area contributed by atoms with E-state index in [2.05, 4.69) is 0 Å². The summed E-state index contributed by atoms with van der Waals surface area (Å²) in [7, 11) is 6.27. The van der Waals surface area contributed by atoms with Crippen LogP contribution in [-0.4, -0.2) is 128 Å². The molecular weight excluding hydrogens is 831 g/mol. The van der Waals surface area contributed by atoms with E-state index >= 15 is 0 Å². The lowest BCUT2D eigenvalue weighted by Crippen LogP contribution is -2.55. The first-order valence-electron chi connectivity index (χ1n) is 24.3. The van der Waals surface area contributed by atoms with Crippen molar-refractivity contribution in [1.29, 1.82) is 0 Å². The van der Waals surface area contributed by atoms with Gasteiger partial charge in [-0.25, -0.2) is 4.79 Å². The number of carbonyl (C=O) groups is 4. The molecule has 0 aromatic carbocycles. The van der Waals surface area contributed by atoms with Crippen molar-refractivity contribution in [3.05, 3.63) is 47.6 Å². The highest BCUT2D eigenvalue weighted by Gasteiger charge is 2.48. The number of piperidine rings is 1. The van der Waals surface area contributed by atoms with E-state index in [0.29, 0.717) is 50.6 Å². The lowest BCUT2D eigenvalue weighted by Gasteiger charge is -2.46. The molecule has 3 fully saturated rings. The van der Waals surface area contributed by atoms with Crippen LogP contribution >= 0.6 is 0 Å². The highest BCUT2D eigenvalue weighted by molar-refractivity contribution is 5.95. The second-order valence-corrected chi connectivity index (χ2v) is 19.9. The third kappa shape index (κ3) is 15.0. The largest absolute Gasteiger partial charge is 0.460 e. The third-order valence-electron chi connectivity index (χ3n) is 14.9. The molecule has 2 saturated heterocycles. The number of rotatable bonds is 7. The van der Waals surface area contributed by atoms with Gasteiger partial charge < -0.3 is 43.5 Å². The summed E-state index contributed by atoms with van der Waals surface area (Å²) in [6.45, 7) is 13.7. The van der Waals surface area contributed by atoms with Crippen LogP contribution in [0.4, 0.5) is 0 Å². The summed E-state index contributed by atoms with van der Waals surface area (Å²) < 4.78 is 36.4. The van der Waals surface area contributed by atoms with E-state index < -0.39 is 54.0 Å². The standard InChI is InChI=1S/C52H83NO12/c1-32-17-13-12-14-18-33(2)44(60-8)29-40-22-20-38(7)52(63-11,65-40)31-47(56)53-24-16-15-19-41(53)51(59)64-45(35(4)27-39-21-23-42(54)46(28-39)61-9)30-43(55)34(3)26-37(6)49(58)50(62-10)48(57)36(5)25-32/h12-14,17-18,26,32,35-42,44-46,49-50,54,58H,15-16,19-25,27-31H2,1-11H3/t32?,35-,36?,37?,38-,39?,40+,41?,42-,44+,45?,46-,49?,50+,52+/m1/s1. The number of nitrogens with zero attached hydrogens (tertiary/aromatic N) is 1. The number of allylic oxidation sites excluding steroid dienone is 6. The molecule has 2 N–H and O–H groups in total. The second kappa shape index (κ2) is 25.9. The number of hydrogen-bond acceptors (Lipinski definition) is 12. The summed E-state index contributed by atoms with van der Waals surface area (Å²) in [5.41, 5.74) is 1.39. The van der Waals surface area contributed by atoms with Gasteiger partial charge >= 0.3 is 5.97 Å². The van der Waals surface area contributed by atoms with Gasteiger partial charge in [0.05, 0.1) is 36.9 Å². The van der Waals surface area contributed by atoms with Gasteiger partial charge in [-0.1, -0.05) is 71.1 Å². The molecule has 1 aliphatic carbocycles. The summed E-state index contributed by atoms with van der Waals surface area (Å²) in [6, 6.07) is -0.849. The van der Waals surface area contributed by atoms with Gasteiger partial charge in [0.25, 0.3) is 0 Å². The Balaban J connectivity index is 1.69. The smallest absolute Gasteiger partial charge is 0.329 e. The minimum absolute atomic E-state index is 0.0633. The van der Waals surface area contributed by atoms with Crippen molar-refractivity contribution >= 4 is 23.4 Å². The number of carbonyl (C=O) groups excluding carboxylic acids is 4. The molecular formula is C52H83NO12. The van der Waals surface area contributed by atoms with Crippen molar-refractivity contribution in [3.8, 4) is 0 Å². The average molecular weight is 914 g/mol. The molecule has 0 aromatic rings. The van der Waals surface area contributed by atoms with E-state index in [1.54, 1.807) is 46.2 Å². The zero-order chi connectivity index (χ0) is 48.0. The van der Waals surface area contributed by atoms with Gasteiger partial charge in [-0.15, -0.1) is 0 Å². The summed E-state index contributed by atoms with van der Waals surface area (Å²) in [5.74, 6) is -3.61. The molecule has 1 amide bonds. The summed E-state index contributed by atoms with van der Waals surface area (Å²) in [6.07, 6.45) is 14.1. The monoisotopic (exact) mass is 914 g/mol. The van der Waals surface area contributed by atoms with Crippen LogP contribution in [0.2, 0.25) is 0 Å². The van der Waals surface area contributed by atoms with Gasteiger partial charge in [0.1, 0.15) is 18.2 Å². The van der Waals surface area contributed by atoms with Crippen LogP contribution in [0, 0.1) is 35.5 Å². The van der Waals surface area contributed by atoms with E-state index in [1.807, 2.05) is 65.0 Å². The highest BCUT2D eigenvalue weighted by Crippen LogP contribution is 2.41. The molecule has 13 heteroatoms. The van der Waals surface area contributed by atoms with Crippen LogP contribution < -0.4 is 0 Å². The molecule has 65 heavy (non-hydrogen) atoms. The third-order valence-corrected chi connectivity index (χ3v) is 14.9. The fraction of sp³-hybridized carbons (Fsp3) is 0.769. The Hall–Kier alpha value is -3.04. The molecule has 368 valence electrons. The van der Waals surface area contributed by atoms with Crippen LogP contribution in [-0.2, 0) is 47.6 Å². The van der Waals surface area contributed by atoms with Crippen molar-refractivity contribution in [2.75, 3.05) is 35.0 Å². The Kier molecular flexibility index (Phi) is 21.8. The van der Waals surface area contributed by atoms with Gasteiger partial charge in [0.15, 0.2) is 17.4 Å². The van der Waals surface area contributed by atoms with E-state index in [4.69, 9.17) is 28.4 Å². The Labute approximate surface area is 389 Å². The SMILES string of the molecule is CO[C@H]1C[C@@H]2CC[C@@H](C)[C@](OC)(CC(=O)N3CCCCC3C(=O)OC([C@H](C)CC3CC[C@@H](O)[C@H](OC)C3)CC(=O)C(C)=CC(C)C(O)[C@@H](OC)C(=O)C(C)CC(C)C=CC=CC=C1C)O2. The first-order valence-corrected chi connectivity index (χ1v) is 24.3. The molecule has 7 unspecified atom stereocenters. The van der Waals surface area contributed by atoms with Crippen molar-refractivity contribution in [2.24, 2.45) is 35.5 Å². The molecule has 15 atom stereocenters. The maximum atomic E-state index is 14.5. The normalized spacial score (nSPS) is 37.8. The summed E-state index contributed by atoms with van der Waals surface area (Å²) in [5, 5.41) is 22.0. The van der Waals surface area contributed by atoms with Crippen LogP contribution in [0.15, 0.2) is 47.6 Å². The number of methoxy groups -OCH3 is 4. The van der Waals surface area contributed by atoms with Gasteiger partial charge in [-0.3, -0.25) is 14.4 Å². The molecule has 0 radical (unpaired) electrons. The van der Waals surface area contributed by atoms with Gasteiger partial charge in [0.2, 0.25) is 5.91 Å². The fourth-order valence-electron chi connectivity index (χ4n) is 10.5. The number of aliphatic hydroxyl groups excluding tert-OH is 2. The highest BCUT2D eigenvalue weighted by atomic mass is 16.7. The molecule has 13 nitrogen and oxygen atoms in total. The quantitative estimate of drug-likeness (QED) is 0.240. The zero-order valence-corrected chi connectivity index (χ0v) is 41.4. The number of ether oxygens (including phenoxy) is 6. The van der Waals surface area contributed by atoms with E-state index in [1.165, 1.54) is 7.11 Å². The Morgan fingerprint density at radius 1 is 0.862 bits per heavy atom. The molecule has 3 heterocycles. The maximum absolute atomic E-state index is 14.5. The van der Waals surface area contributed by atoms with Gasteiger partial charge in [0, 0.05) is 65.6 Å². The van der Waals surface area contributed by atoms with Crippen LogP contribution in [0.1, 0.15) is 132 Å².